The maximum absolute atomic E-state index is 11.7. The second-order valence-electron chi connectivity index (χ2n) is 4.53. The van der Waals surface area contributed by atoms with Crippen molar-refractivity contribution in [3.8, 4) is 0 Å². The van der Waals surface area contributed by atoms with Crippen molar-refractivity contribution in [2.24, 2.45) is 5.14 Å². The predicted octanol–water partition coefficient (Wildman–Crippen LogP) is 0.603. The van der Waals surface area contributed by atoms with Crippen LogP contribution in [-0.2, 0) is 16.4 Å². The molecule has 1 aromatic heterocycles. The highest BCUT2D eigenvalue weighted by Gasteiger charge is 2.11. The number of sulfonamides is 1. The number of aryl methyl sites for hydroxylation is 1. The zero-order valence-electron chi connectivity index (χ0n) is 11.4. The van der Waals surface area contributed by atoms with Crippen molar-refractivity contribution in [3.63, 3.8) is 0 Å². The molecule has 0 saturated carbocycles. The van der Waals surface area contributed by atoms with Gasteiger partial charge in [-0.05, 0) is 31.0 Å². The van der Waals surface area contributed by atoms with Crippen molar-refractivity contribution in [1.29, 1.82) is 0 Å². The van der Waals surface area contributed by atoms with Crippen molar-refractivity contribution in [3.05, 3.63) is 47.3 Å². The second kappa shape index (κ2) is 6.06. The summed E-state index contributed by atoms with van der Waals surface area (Å²) in [5.74, 6) is -0.172. The van der Waals surface area contributed by atoms with Gasteiger partial charge in [0.15, 0.2) is 0 Å². The van der Waals surface area contributed by atoms with E-state index >= 15 is 0 Å². The van der Waals surface area contributed by atoms with Crippen molar-refractivity contribution in [2.75, 3.05) is 6.54 Å². The second-order valence-corrected chi connectivity index (χ2v) is 6.09. The highest BCUT2D eigenvalue weighted by atomic mass is 32.2. The fourth-order valence-corrected chi connectivity index (χ4v) is 2.24. The summed E-state index contributed by atoms with van der Waals surface area (Å²) in [5, 5.41) is 11.3. The number of primary sulfonamides is 1. The van der Waals surface area contributed by atoms with Gasteiger partial charge in [0.1, 0.15) is 0 Å². The Kier molecular flexibility index (Phi) is 4.39. The number of nitrogens with zero attached hydrogens (tertiary/aromatic N) is 1. The molecule has 0 radical (unpaired) electrons. The topological polar surface area (TPSA) is 115 Å². The largest absolute Gasteiger partial charge is 0.351 e. The molecule has 0 spiro atoms. The highest BCUT2D eigenvalue weighted by molar-refractivity contribution is 7.89. The number of nitrogens with one attached hydrogen (secondary N) is 1. The zero-order valence-corrected chi connectivity index (χ0v) is 12.2. The minimum atomic E-state index is -3.68. The molecule has 0 aliphatic rings. The molecule has 0 bridgehead atoms. The van der Waals surface area contributed by atoms with E-state index in [9.17, 15) is 13.2 Å². The van der Waals surface area contributed by atoms with E-state index in [1.165, 1.54) is 12.1 Å². The van der Waals surface area contributed by atoms with E-state index in [1.807, 2.05) is 0 Å². The van der Waals surface area contributed by atoms with Gasteiger partial charge >= 0.3 is 0 Å². The average Bonchev–Trinajstić information content (AvgIpc) is 2.85. The Morgan fingerprint density at radius 1 is 1.33 bits per heavy atom. The maximum atomic E-state index is 11.7. The number of hydrogen-bond donors (Lipinski definition) is 2. The molecule has 0 unspecified atom stereocenters. The van der Waals surface area contributed by atoms with Gasteiger partial charge in [0, 0.05) is 12.6 Å². The molecule has 7 nitrogen and oxygen atoms in total. The fourth-order valence-electron chi connectivity index (χ4n) is 1.72. The molecular weight excluding hydrogens is 294 g/mol. The molecule has 21 heavy (non-hydrogen) atoms. The summed E-state index contributed by atoms with van der Waals surface area (Å²) in [6, 6.07) is 7.74. The molecule has 0 aliphatic heterocycles. The van der Waals surface area contributed by atoms with Gasteiger partial charge in [0.05, 0.1) is 10.6 Å². The van der Waals surface area contributed by atoms with Crippen LogP contribution in [0.15, 0.2) is 39.8 Å². The van der Waals surface area contributed by atoms with Crippen LogP contribution < -0.4 is 10.5 Å². The van der Waals surface area contributed by atoms with Crippen molar-refractivity contribution in [2.45, 2.75) is 18.2 Å². The normalized spacial score (nSPS) is 11.3. The van der Waals surface area contributed by atoms with E-state index < -0.39 is 10.0 Å². The zero-order chi connectivity index (χ0) is 15.5. The number of aromatic nitrogens is 1. The first-order valence-electron chi connectivity index (χ1n) is 6.19. The van der Waals surface area contributed by atoms with Crippen molar-refractivity contribution in [1.82, 2.24) is 10.5 Å². The molecule has 2 rings (SSSR count). The number of benzene rings is 1. The molecule has 3 N–H and O–H groups in total. The molecule has 1 aromatic carbocycles. The van der Waals surface area contributed by atoms with Gasteiger partial charge in [-0.3, -0.25) is 4.79 Å². The molecular formula is C13H15N3O4S. The van der Waals surface area contributed by atoms with Gasteiger partial charge in [-0.2, -0.15) is 0 Å². The molecule has 112 valence electrons. The van der Waals surface area contributed by atoms with E-state index in [-0.39, 0.29) is 16.6 Å². The minimum Gasteiger partial charge on any atom is -0.351 e. The van der Waals surface area contributed by atoms with Crippen LogP contribution in [0.1, 0.15) is 21.8 Å². The number of amides is 1. The third kappa shape index (κ3) is 4.14. The van der Waals surface area contributed by atoms with Crippen LogP contribution >= 0.6 is 0 Å². The number of nitrogens with two attached hydrogens (primary N) is 1. The van der Waals surface area contributed by atoms with Crippen molar-refractivity contribution < 1.29 is 17.7 Å². The Morgan fingerprint density at radius 3 is 2.52 bits per heavy atom. The van der Waals surface area contributed by atoms with E-state index in [1.54, 1.807) is 25.1 Å². The first kappa shape index (κ1) is 15.2. The minimum absolute atomic E-state index is 0.0624. The molecule has 1 amide bonds. The van der Waals surface area contributed by atoms with Gasteiger partial charge in [0.25, 0.3) is 5.91 Å². The van der Waals surface area contributed by atoms with Gasteiger partial charge in [0.2, 0.25) is 15.8 Å². The lowest BCUT2D eigenvalue weighted by Gasteiger charge is -2.04. The average molecular weight is 309 g/mol. The van der Waals surface area contributed by atoms with E-state index in [4.69, 9.17) is 9.66 Å². The molecule has 0 atom stereocenters. The SMILES string of the molecule is Cc1cc(C(=O)NCCc2ccc(S(N)(=O)=O)cc2)on1. The fraction of sp³-hybridized carbons (Fsp3) is 0.231. The van der Waals surface area contributed by atoms with Crippen LogP contribution in [-0.4, -0.2) is 26.0 Å². The summed E-state index contributed by atoms with van der Waals surface area (Å²) in [5.41, 5.74) is 1.52. The summed E-state index contributed by atoms with van der Waals surface area (Å²) in [6.07, 6.45) is 0.559. The smallest absolute Gasteiger partial charge is 0.289 e. The Bertz CT molecular complexity index is 735. The lowest BCUT2D eigenvalue weighted by atomic mass is 10.1. The van der Waals surface area contributed by atoms with Crippen LogP contribution in [0.4, 0.5) is 0 Å². The lowest BCUT2D eigenvalue weighted by Crippen LogP contribution is -2.25. The summed E-state index contributed by atoms with van der Waals surface area (Å²) in [7, 11) is -3.68. The molecule has 2 aromatic rings. The third-order valence-electron chi connectivity index (χ3n) is 2.80. The molecule has 1 heterocycles. The number of hydrogen-bond acceptors (Lipinski definition) is 5. The lowest BCUT2D eigenvalue weighted by molar-refractivity contribution is 0.0917. The third-order valence-corrected chi connectivity index (χ3v) is 3.73. The summed E-state index contributed by atoms with van der Waals surface area (Å²) in [6.45, 7) is 2.13. The van der Waals surface area contributed by atoms with E-state index in [2.05, 4.69) is 10.5 Å². The Morgan fingerprint density at radius 2 is 2.00 bits per heavy atom. The first-order valence-corrected chi connectivity index (χ1v) is 7.74. The molecule has 0 saturated heterocycles. The van der Waals surface area contributed by atoms with Gasteiger partial charge in [-0.25, -0.2) is 13.6 Å². The quantitative estimate of drug-likeness (QED) is 0.839. The maximum Gasteiger partial charge on any atom is 0.289 e. The van der Waals surface area contributed by atoms with Crippen molar-refractivity contribution >= 4 is 15.9 Å². The number of carbonyl (C=O) groups excluding carboxylic acids is 1. The molecule has 0 fully saturated rings. The van der Waals surface area contributed by atoms with Gasteiger partial charge in [-0.1, -0.05) is 17.3 Å². The summed E-state index contributed by atoms with van der Waals surface area (Å²) in [4.78, 5) is 11.8. The van der Waals surface area contributed by atoms with Crippen LogP contribution in [0, 0.1) is 6.92 Å². The number of rotatable bonds is 5. The molecule has 0 aliphatic carbocycles. The van der Waals surface area contributed by atoms with Crippen LogP contribution in [0.25, 0.3) is 0 Å². The monoisotopic (exact) mass is 309 g/mol. The molecule has 8 heteroatoms. The van der Waals surface area contributed by atoms with E-state index in [0.29, 0.717) is 18.7 Å². The van der Waals surface area contributed by atoms with Gasteiger partial charge < -0.3 is 9.84 Å². The summed E-state index contributed by atoms with van der Waals surface area (Å²) >= 11 is 0. The van der Waals surface area contributed by atoms with E-state index in [0.717, 1.165) is 5.56 Å². The first-order chi connectivity index (χ1) is 9.86. The van der Waals surface area contributed by atoms with Crippen LogP contribution in [0.2, 0.25) is 0 Å². The summed E-state index contributed by atoms with van der Waals surface area (Å²) < 4.78 is 27.1. The van der Waals surface area contributed by atoms with Crippen LogP contribution in [0.5, 0.6) is 0 Å². The number of carbonyl (C=O) groups is 1. The standard InChI is InChI=1S/C13H15N3O4S/c1-9-8-12(20-16-9)13(17)15-7-6-10-2-4-11(5-3-10)21(14,18)19/h2-5,8H,6-7H2,1H3,(H,15,17)(H2,14,18,19). The predicted molar refractivity (Wildman–Crippen MR) is 75.1 cm³/mol. The Balaban J connectivity index is 1.88. The van der Waals surface area contributed by atoms with Gasteiger partial charge in [-0.15, -0.1) is 0 Å². The highest BCUT2D eigenvalue weighted by Crippen LogP contribution is 2.09. The Labute approximate surface area is 122 Å². The van der Waals surface area contributed by atoms with Crippen LogP contribution in [0.3, 0.4) is 0 Å². The Hall–Kier alpha value is -2.19.